The summed E-state index contributed by atoms with van der Waals surface area (Å²) >= 11 is 0. The highest BCUT2D eigenvalue weighted by atomic mass is 16.5. The Morgan fingerprint density at radius 2 is 1.65 bits per heavy atom. The third-order valence-corrected chi connectivity index (χ3v) is 2.90. The largest absolute Gasteiger partial charge is 0.504 e. The van der Waals surface area contributed by atoms with Gasteiger partial charge in [-0.15, -0.1) is 0 Å². The Kier molecular flexibility index (Phi) is 4.90. The number of hydrazone groups is 1. The highest BCUT2D eigenvalue weighted by Crippen LogP contribution is 2.26. The number of aromatic hydroxyl groups is 2. The van der Waals surface area contributed by atoms with E-state index >= 15 is 0 Å². The van der Waals surface area contributed by atoms with Crippen LogP contribution in [0.25, 0.3) is 0 Å². The van der Waals surface area contributed by atoms with E-state index in [9.17, 15) is 19.8 Å². The molecule has 0 atom stereocenters. The molecule has 8 nitrogen and oxygen atoms in total. The lowest BCUT2D eigenvalue weighted by Crippen LogP contribution is -2.21. The van der Waals surface area contributed by atoms with Gasteiger partial charge in [-0.3, -0.25) is 14.8 Å². The second-order valence-electron chi connectivity index (χ2n) is 4.44. The summed E-state index contributed by atoms with van der Waals surface area (Å²) in [7, 11) is 0. The van der Waals surface area contributed by atoms with E-state index in [2.05, 4.69) is 10.5 Å². The van der Waals surface area contributed by atoms with Gasteiger partial charge in [0.15, 0.2) is 11.5 Å². The molecule has 0 aromatic heterocycles. The molecule has 8 heteroatoms. The molecule has 2 rings (SSSR count). The van der Waals surface area contributed by atoms with E-state index in [4.69, 9.17) is 5.21 Å². The lowest BCUT2D eigenvalue weighted by molar-refractivity contribution is 0.0706. The second-order valence-corrected chi connectivity index (χ2v) is 4.44. The molecule has 2 amide bonds. The number of rotatable bonds is 4. The van der Waals surface area contributed by atoms with Crippen molar-refractivity contribution in [1.82, 2.24) is 10.9 Å². The summed E-state index contributed by atoms with van der Waals surface area (Å²) in [5.41, 5.74) is 4.18. The third kappa shape index (κ3) is 3.83. The van der Waals surface area contributed by atoms with Gasteiger partial charge < -0.3 is 10.2 Å². The summed E-state index contributed by atoms with van der Waals surface area (Å²) in [6.07, 6.45) is 1.16. The summed E-state index contributed by atoms with van der Waals surface area (Å²) in [5.74, 6) is -1.99. The topological polar surface area (TPSA) is 131 Å². The van der Waals surface area contributed by atoms with Gasteiger partial charge in [0, 0.05) is 16.7 Å². The Morgan fingerprint density at radius 3 is 2.35 bits per heavy atom. The van der Waals surface area contributed by atoms with Crippen molar-refractivity contribution in [3.8, 4) is 11.5 Å². The van der Waals surface area contributed by atoms with Gasteiger partial charge in [0.2, 0.25) is 0 Å². The van der Waals surface area contributed by atoms with Crippen molar-refractivity contribution < 1.29 is 25.0 Å². The van der Waals surface area contributed by atoms with Crippen molar-refractivity contribution >= 4 is 18.0 Å². The molecule has 0 spiro atoms. The summed E-state index contributed by atoms with van der Waals surface area (Å²) < 4.78 is 0. The van der Waals surface area contributed by atoms with Gasteiger partial charge >= 0.3 is 0 Å². The third-order valence-electron chi connectivity index (χ3n) is 2.90. The first-order valence-corrected chi connectivity index (χ1v) is 6.41. The number of carbonyl (C=O) groups excluding carboxylic acids is 2. The summed E-state index contributed by atoms with van der Waals surface area (Å²) in [4.78, 5) is 23.2. The predicted molar refractivity (Wildman–Crippen MR) is 80.5 cm³/mol. The van der Waals surface area contributed by atoms with Gasteiger partial charge in [-0.05, 0) is 30.3 Å². The minimum absolute atomic E-state index is 0.106. The van der Waals surface area contributed by atoms with Crippen molar-refractivity contribution in [3.63, 3.8) is 0 Å². The second kappa shape index (κ2) is 7.05. The van der Waals surface area contributed by atoms with Crippen LogP contribution in [0, 0.1) is 0 Å². The predicted octanol–water partition coefficient (Wildman–Crippen LogP) is 0.981. The Hall–Kier alpha value is -3.39. The van der Waals surface area contributed by atoms with Gasteiger partial charge in [0.1, 0.15) is 0 Å². The molecule has 0 radical (unpaired) electrons. The molecule has 0 heterocycles. The van der Waals surface area contributed by atoms with E-state index in [-0.39, 0.29) is 28.2 Å². The van der Waals surface area contributed by atoms with Crippen molar-refractivity contribution in [3.05, 3.63) is 59.2 Å². The van der Waals surface area contributed by atoms with E-state index < -0.39 is 11.8 Å². The van der Waals surface area contributed by atoms with Crippen LogP contribution in [0.3, 0.4) is 0 Å². The van der Waals surface area contributed by atoms with Crippen LogP contribution in [0.2, 0.25) is 0 Å². The molecule has 0 bridgehead atoms. The van der Waals surface area contributed by atoms with E-state index in [0.29, 0.717) is 0 Å². The fourth-order valence-corrected chi connectivity index (χ4v) is 1.74. The maximum atomic E-state index is 11.9. The summed E-state index contributed by atoms with van der Waals surface area (Å²) in [5, 5.41) is 31.2. The average molecular weight is 315 g/mol. The molecule has 0 aliphatic heterocycles. The maximum Gasteiger partial charge on any atom is 0.274 e. The number of hydrogen-bond donors (Lipinski definition) is 5. The molecule has 0 saturated heterocycles. The number of phenols is 2. The number of hydroxylamine groups is 1. The normalized spacial score (nSPS) is 10.5. The van der Waals surface area contributed by atoms with Gasteiger partial charge in [-0.1, -0.05) is 12.1 Å². The fourth-order valence-electron chi connectivity index (χ4n) is 1.74. The van der Waals surface area contributed by atoms with Gasteiger partial charge in [0.25, 0.3) is 11.8 Å². The molecule has 0 saturated carbocycles. The monoisotopic (exact) mass is 315 g/mol. The standard InChI is InChI=1S/C15H13N3O5/c19-12-6-2-5-11(13(12)20)8-16-17-14(21)9-3-1-4-10(7-9)15(22)18-23/h1-8,19-20,23H,(H,17,21)(H,18,22)/b16-8+. The van der Waals surface area contributed by atoms with E-state index in [0.717, 1.165) is 6.21 Å². The fraction of sp³-hybridized carbons (Fsp3) is 0. The van der Waals surface area contributed by atoms with Gasteiger partial charge in [-0.25, -0.2) is 10.9 Å². The van der Waals surface area contributed by atoms with Crippen molar-refractivity contribution in [2.75, 3.05) is 0 Å². The molecule has 2 aromatic carbocycles. The molecular weight excluding hydrogens is 302 g/mol. The first-order valence-electron chi connectivity index (χ1n) is 6.41. The minimum Gasteiger partial charge on any atom is -0.504 e. The van der Waals surface area contributed by atoms with Crippen molar-refractivity contribution in [2.45, 2.75) is 0 Å². The molecular formula is C15H13N3O5. The Balaban J connectivity index is 2.09. The molecule has 0 aliphatic carbocycles. The van der Waals surface area contributed by atoms with Crippen LogP contribution in [0.5, 0.6) is 11.5 Å². The smallest absolute Gasteiger partial charge is 0.274 e. The van der Waals surface area contributed by atoms with Gasteiger partial charge in [0.05, 0.1) is 6.21 Å². The number of amides is 2. The number of hydrogen-bond acceptors (Lipinski definition) is 6. The molecule has 23 heavy (non-hydrogen) atoms. The lowest BCUT2D eigenvalue weighted by atomic mass is 10.1. The van der Waals surface area contributed by atoms with Crippen LogP contribution in [0.15, 0.2) is 47.6 Å². The molecule has 0 unspecified atom stereocenters. The average Bonchev–Trinajstić information content (AvgIpc) is 2.58. The van der Waals surface area contributed by atoms with E-state index in [1.807, 2.05) is 0 Å². The molecule has 0 fully saturated rings. The molecule has 0 aliphatic rings. The zero-order valence-corrected chi connectivity index (χ0v) is 11.7. The number of para-hydroxylation sites is 1. The number of nitrogens with one attached hydrogen (secondary N) is 2. The number of phenolic OH excluding ortho intramolecular Hbond substituents is 2. The van der Waals surface area contributed by atoms with Crippen LogP contribution in [-0.4, -0.2) is 33.4 Å². The van der Waals surface area contributed by atoms with E-state index in [1.165, 1.54) is 47.9 Å². The SMILES string of the molecule is O=C(NO)c1cccc(C(=O)N/N=C/c2cccc(O)c2O)c1. The summed E-state index contributed by atoms with van der Waals surface area (Å²) in [6.45, 7) is 0. The minimum atomic E-state index is -0.743. The maximum absolute atomic E-state index is 11.9. The Bertz CT molecular complexity index is 773. The first kappa shape index (κ1) is 16.0. The zero-order valence-electron chi connectivity index (χ0n) is 11.7. The van der Waals surface area contributed by atoms with E-state index in [1.54, 1.807) is 0 Å². The van der Waals surface area contributed by atoms with Crippen LogP contribution < -0.4 is 10.9 Å². The quantitative estimate of drug-likeness (QED) is 0.248. The Labute approximate surface area is 130 Å². The first-order chi connectivity index (χ1) is 11.0. The molecule has 5 N–H and O–H groups in total. The van der Waals surface area contributed by atoms with Crippen LogP contribution >= 0.6 is 0 Å². The highest BCUT2D eigenvalue weighted by Gasteiger charge is 2.09. The highest BCUT2D eigenvalue weighted by molar-refractivity contribution is 5.99. The van der Waals surface area contributed by atoms with Crippen molar-refractivity contribution in [1.29, 1.82) is 0 Å². The van der Waals surface area contributed by atoms with Gasteiger partial charge in [-0.2, -0.15) is 5.10 Å². The number of carbonyl (C=O) groups is 2. The lowest BCUT2D eigenvalue weighted by Gasteiger charge is -2.03. The van der Waals surface area contributed by atoms with Crippen LogP contribution in [0.4, 0.5) is 0 Å². The zero-order chi connectivity index (χ0) is 16.8. The van der Waals surface area contributed by atoms with Crippen LogP contribution in [-0.2, 0) is 0 Å². The molecule has 118 valence electrons. The van der Waals surface area contributed by atoms with Crippen LogP contribution in [0.1, 0.15) is 26.3 Å². The number of nitrogens with zero attached hydrogens (tertiary/aromatic N) is 1. The Morgan fingerprint density at radius 1 is 1.00 bits per heavy atom. The van der Waals surface area contributed by atoms with Crippen molar-refractivity contribution in [2.24, 2.45) is 5.10 Å². The molecule has 2 aromatic rings. The number of benzene rings is 2. The summed E-state index contributed by atoms with van der Waals surface area (Å²) in [6, 6.07) is 9.96.